The Morgan fingerprint density at radius 2 is 1.95 bits per heavy atom. The van der Waals surface area contributed by atoms with Crippen molar-refractivity contribution in [3.63, 3.8) is 0 Å². The molecule has 0 aliphatic carbocycles. The Bertz CT molecular complexity index is 399. The third-order valence-corrected chi connectivity index (χ3v) is 3.09. The van der Waals surface area contributed by atoms with Gasteiger partial charge in [-0.05, 0) is 30.4 Å². The first kappa shape index (κ1) is 15.5. The van der Waals surface area contributed by atoms with E-state index in [0.717, 1.165) is 24.2 Å². The van der Waals surface area contributed by atoms with Gasteiger partial charge in [-0.2, -0.15) is 0 Å². The summed E-state index contributed by atoms with van der Waals surface area (Å²) in [6.45, 7) is 6.32. The Labute approximate surface area is 115 Å². The van der Waals surface area contributed by atoms with Gasteiger partial charge in [-0.15, -0.1) is 0 Å². The predicted octanol–water partition coefficient (Wildman–Crippen LogP) is 3.92. The highest BCUT2D eigenvalue weighted by Gasteiger charge is 2.22. The minimum absolute atomic E-state index is 0.299. The fraction of sp³-hybridized carbons (Fsp3) is 0.562. The van der Waals surface area contributed by atoms with Crippen molar-refractivity contribution in [2.75, 3.05) is 7.11 Å². The van der Waals surface area contributed by atoms with Gasteiger partial charge in [0.15, 0.2) is 6.10 Å². The van der Waals surface area contributed by atoms with Crippen molar-refractivity contribution in [1.82, 2.24) is 0 Å². The third-order valence-electron chi connectivity index (χ3n) is 3.09. The molecule has 0 heterocycles. The Morgan fingerprint density at radius 1 is 1.26 bits per heavy atom. The molecule has 1 atom stereocenters. The van der Waals surface area contributed by atoms with E-state index >= 15 is 0 Å². The van der Waals surface area contributed by atoms with E-state index < -0.39 is 6.10 Å². The van der Waals surface area contributed by atoms with E-state index in [1.54, 1.807) is 0 Å². The minimum atomic E-state index is -0.509. The monoisotopic (exact) mass is 264 g/mol. The summed E-state index contributed by atoms with van der Waals surface area (Å²) in [6, 6.07) is 7.86. The molecule has 0 spiro atoms. The van der Waals surface area contributed by atoms with Crippen LogP contribution in [0.5, 0.6) is 5.75 Å². The summed E-state index contributed by atoms with van der Waals surface area (Å²) in [5, 5.41) is 0. The molecular weight excluding hydrogens is 240 g/mol. The van der Waals surface area contributed by atoms with Gasteiger partial charge in [0.05, 0.1) is 7.11 Å². The van der Waals surface area contributed by atoms with Crippen LogP contribution in [-0.2, 0) is 9.53 Å². The molecule has 0 aliphatic rings. The van der Waals surface area contributed by atoms with E-state index in [1.165, 1.54) is 7.11 Å². The molecule has 0 saturated carbocycles. The molecule has 0 radical (unpaired) electrons. The Morgan fingerprint density at radius 3 is 2.53 bits per heavy atom. The topological polar surface area (TPSA) is 35.5 Å². The molecule has 0 amide bonds. The van der Waals surface area contributed by atoms with Crippen LogP contribution in [0.15, 0.2) is 24.3 Å². The van der Waals surface area contributed by atoms with E-state index in [2.05, 4.69) is 20.8 Å². The van der Waals surface area contributed by atoms with Crippen LogP contribution in [0.25, 0.3) is 0 Å². The maximum Gasteiger partial charge on any atom is 0.347 e. The molecule has 1 aromatic carbocycles. The van der Waals surface area contributed by atoms with Gasteiger partial charge in [-0.1, -0.05) is 45.4 Å². The van der Waals surface area contributed by atoms with Gasteiger partial charge in [-0.25, -0.2) is 4.79 Å². The highest BCUT2D eigenvalue weighted by atomic mass is 16.6. The molecule has 1 unspecified atom stereocenters. The summed E-state index contributed by atoms with van der Waals surface area (Å²) in [5.41, 5.74) is 1.12. The zero-order chi connectivity index (χ0) is 14.3. The average molecular weight is 264 g/mol. The second-order valence-corrected chi connectivity index (χ2v) is 4.96. The summed E-state index contributed by atoms with van der Waals surface area (Å²) in [6.07, 6.45) is 2.16. The summed E-state index contributed by atoms with van der Waals surface area (Å²) in [4.78, 5) is 11.8. The molecule has 0 aromatic heterocycles. The van der Waals surface area contributed by atoms with E-state index in [9.17, 15) is 4.79 Å². The molecule has 3 heteroatoms. The molecule has 3 nitrogen and oxygen atoms in total. The minimum Gasteiger partial charge on any atom is -0.478 e. The first-order valence-corrected chi connectivity index (χ1v) is 6.93. The molecule has 0 N–H and O–H groups in total. The number of rotatable bonds is 7. The number of ether oxygens (including phenoxy) is 2. The lowest BCUT2D eigenvalue weighted by Gasteiger charge is -2.20. The molecule has 1 aromatic rings. The molecule has 0 saturated heterocycles. The molecular formula is C16H24O3. The summed E-state index contributed by atoms with van der Waals surface area (Å²) in [7, 11) is 1.40. The zero-order valence-electron chi connectivity index (χ0n) is 12.3. The van der Waals surface area contributed by atoms with Crippen molar-refractivity contribution in [3.05, 3.63) is 29.8 Å². The second kappa shape index (κ2) is 7.82. The first-order valence-electron chi connectivity index (χ1n) is 6.93. The van der Waals surface area contributed by atoms with Gasteiger partial charge in [0, 0.05) is 0 Å². The van der Waals surface area contributed by atoms with Gasteiger partial charge in [0.2, 0.25) is 0 Å². The maximum absolute atomic E-state index is 11.8. The van der Waals surface area contributed by atoms with Crippen molar-refractivity contribution < 1.29 is 14.3 Å². The number of carbonyl (C=O) groups is 1. The van der Waals surface area contributed by atoms with Crippen molar-refractivity contribution in [2.45, 2.75) is 52.1 Å². The van der Waals surface area contributed by atoms with Crippen LogP contribution >= 0.6 is 0 Å². The fourth-order valence-electron chi connectivity index (χ4n) is 1.96. The number of methoxy groups -OCH3 is 1. The van der Waals surface area contributed by atoms with Gasteiger partial charge >= 0.3 is 5.97 Å². The molecule has 106 valence electrons. The van der Waals surface area contributed by atoms with E-state index in [1.807, 2.05) is 24.3 Å². The zero-order valence-corrected chi connectivity index (χ0v) is 12.3. The molecule has 19 heavy (non-hydrogen) atoms. The van der Waals surface area contributed by atoms with Crippen molar-refractivity contribution in [3.8, 4) is 5.75 Å². The number of para-hydroxylation sites is 1. The van der Waals surface area contributed by atoms with Crippen LogP contribution in [0.4, 0.5) is 0 Å². The van der Waals surface area contributed by atoms with Gasteiger partial charge < -0.3 is 9.47 Å². The van der Waals surface area contributed by atoms with E-state index in [4.69, 9.17) is 9.47 Å². The Hall–Kier alpha value is -1.51. The van der Waals surface area contributed by atoms with Crippen LogP contribution in [-0.4, -0.2) is 19.2 Å². The fourth-order valence-corrected chi connectivity index (χ4v) is 1.96. The number of hydrogen-bond acceptors (Lipinski definition) is 3. The van der Waals surface area contributed by atoms with Crippen LogP contribution in [0.1, 0.15) is 51.5 Å². The Kier molecular flexibility index (Phi) is 6.40. The van der Waals surface area contributed by atoms with Crippen molar-refractivity contribution in [2.24, 2.45) is 0 Å². The van der Waals surface area contributed by atoms with E-state index in [-0.39, 0.29) is 5.97 Å². The number of hydrogen-bond donors (Lipinski definition) is 0. The maximum atomic E-state index is 11.8. The van der Waals surface area contributed by atoms with Gasteiger partial charge in [-0.3, -0.25) is 0 Å². The lowest BCUT2D eigenvalue weighted by atomic mass is 10.0. The van der Waals surface area contributed by atoms with Crippen LogP contribution < -0.4 is 4.74 Å². The van der Waals surface area contributed by atoms with Crippen LogP contribution in [0, 0.1) is 0 Å². The average Bonchev–Trinajstić information content (AvgIpc) is 2.42. The van der Waals surface area contributed by atoms with Crippen LogP contribution in [0.3, 0.4) is 0 Å². The summed E-state index contributed by atoms with van der Waals surface area (Å²) < 4.78 is 10.7. The number of carbonyl (C=O) groups excluding carboxylic acids is 1. The standard InChI is InChI=1S/C16H24O3/c1-5-6-10-15(16(17)18-4)19-14-11-8-7-9-13(14)12(2)3/h7-9,11-12,15H,5-6,10H2,1-4H3. The highest BCUT2D eigenvalue weighted by molar-refractivity contribution is 5.75. The SMILES string of the molecule is CCCCC(Oc1ccccc1C(C)C)C(=O)OC. The predicted molar refractivity (Wildman–Crippen MR) is 76.5 cm³/mol. The number of unbranched alkanes of at least 4 members (excludes halogenated alkanes) is 1. The number of esters is 1. The molecule has 0 fully saturated rings. The Balaban J connectivity index is 2.86. The van der Waals surface area contributed by atoms with E-state index in [0.29, 0.717) is 12.3 Å². The lowest BCUT2D eigenvalue weighted by molar-refractivity contribution is -0.149. The molecule has 0 bridgehead atoms. The quantitative estimate of drug-likeness (QED) is 0.700. The molecule has 0 aliphatic heterocycles. The van der Waals surface area contributed by atoms with Crippen molar-refractivity contribution >= 4 is 5.97 Å². The summed E-state index contributed by atoms with van der Waals surface area (Å²) in [5.74, 6) is 0.844. The van der Waals surface area contributed by atoms with Gasteiger partial charge in [0.1, 0.15) is 5.75 Å². The highest BCUT2D eigenvalue weighted by Crippen LogP contribution is 2.27. The smallest absolute Gasteiger partial charge is 0.347 e. The largest absolute Gasteiger partial charge is 0.478 e. The first-order chi connectivity index (χ1) is 9.10. The lowest BCUT2D eigenvalue weighted by Crippen LogP contribution is -2.29. The van der Waals surface area contributed by atoms with Crippen molar-refractivity contribution in [1.29, 1.82) is 0 Å². The summed E-state index contributed by atoms with van der Waals surface area (Å²) >= 11 is 0. The normalized spacial score (nSPS) is 12.3. The third kappa shape index (κ3) is 4.58. The van der Waals surface area contributed by atoms with Crippen LogP contribution in [0.2, 0.25) is 0 Å². The molecule has 1 rings (SSSR count). The van der Waals surface area contributed by atoms with Gasteiger partial charge in [0.25, 0.3) is 0 Å². The number of benzene rings is 1. The second-order valence-electron chi connectivity index (χ2n) is 4.96.